The van der Waals surface area contributed by atoms with Gasteiger partial charge in [-0.05, 0) is 252 Å². The summed E-state index contributed by atoms with van der Waals surface area (Å²) in [6.45, 7) is 10.3. The Morgan fingerprint density at radius 1 is 0.161 bits per heavy atom. The molecule has 0 saturated heterocycles. The van der Waals surface area contributed by atoms with E-state index in [-0.39, 0.29) is 5.56 Å². The Morgan fingerprint density at radius 2 is 0.398 bits per heavy atom. The van der Waals surface area contributed by atoms with Crippen LogP contribution in [0.15, 0.2) is 377 Å². The van der Waals surface area contributed by atoms with Crippen LogP contribution in [-0.2, 0) is 35.2 Å². The Labute approximate surface area is 714 Å². The molecule has 0 amide bonds. The summed E-state index contributed by atoms with van der Waals surface area (Å²) in [6, 6.07) is 117. The number of aryl methyl sites for hydroxylation is 16. The summed E-state index contributed by atoms with van der Waals surface area (Å²) >= 11 is 0. The zero-order chi connectivity index (χ0) is 90.4. The fourth-order valence-electron chi connectivity index (χ4n) is 15.7. The minimum Gasteiger partial charge on any atom is -0.201 e. The van der Waals surface area contributed by atoms with Gasteiger partial charge < -0.3 is 0 Å². The van der Waals surface area contributed by atoms with Crippen LogP contribution in [0.3, 0.4) is 0 Å². The van der Waals surface area contributed by atoms with E-state index in [0.717, 1.165) is 55.9 Å². The second-order valence-corrected chi connectivity index (χ2v) is 30.5. The first-order chi connectivity index (χ1) is 60.8. The van der Waals surface area contributed by atoms with Crippen molar-refractivity contribution in [3.63, 3.8) is 0 Å². The lowest BCUT2D eigenvalue weighted by Gasteiger charge is -2.13. The van der Waals surface area contributed by atoms with Crippen LogP contribution in [0.4, 0.5) is 0 Å². The molecule has 0 radical (unpaired) electrons. The van der Waals surface area contributed by atoms with Crippen molar-refractivity contribution in [1.29, 1.82) is 0 Å². The highest BCUT2D eigenvalue weighted by atomic mass is 14.9. The molecular weight excluding hydrogens is 1430 g/mol. The largest absolute Gasteiger partial charge is 0.213 e. The summed E-state index contributed by atoms with van der Waals surface area (Å²) in [5.74, 6) is 0. The van der Waals surface area contributed by atoms with Crippen molar-refractivity contribution >= 4 is 0 Å². The van der Waals surface area contributed by atoms with Gasteiger partial charge in [-0.15, -0.1) is 0 Å². The molecule has 0 bridgehead atoms. The Balaban J connectivity index is 0.000000138. The van der Waals surface area contributed by atoms with Crippen molar-refractivity contribution in [1.82, 2.24) is 0 Å². The molecule has 0 aliphatic rings. The minimum atomic E-state index is -2.28. The number of benzene rings is 12. The highest BCUT2D eigenvalue weighted by Crippen LogP contribution is 2.38. The van der Waals surface area contributed by atoms with Gasteiger partial charge in [0.05, 0.1) is 0 Å². The van der Waals surface area contributed by atoms with Crippen LogP contribution in [-0.4, -0.2) is 0 Å². The number of rotatable bonds is 12. The molecule has 17 rings (SSSR count). The van der Waals surface area contributed by atoms with Gasteiger partial charge in [0.2, 0.25) is 28.5 Å². The monoisotopic (exact) mass is 1550 g/mol. The van der Waals surface area contributed by atoms with Crippen molar-refractivity contribution in [2.24, 2.45) is 35.2 Å². The van der Waals surface area contributed by atoms with Crippen LogP contribution < -0.4 is 22.8 Å². The minimum absolute atomic E-state index is 0.269. The number of hydrogen-bond donors (Lipinski definition) is 0. The Hall–Kier alpha value is -13.6. The molecule has 5 heterocycles. The molecule has 118 heavy (non-hydrogen) atoms. The normalized spacial score (nSPS) is 12.2. The van der Waals surface area contributed by atoms with Crippen molar-refractivity contribution < 1.29 is 35.2 Å². The quantitative estimate of drug-likeness (QED) is 0.109. The third-order valence-corrected chi connectivity index (χ3v) is 22.0. The molecule has 12 aromatic carbocycles. The smallest absolute Gasteiger partial charge is 0.201 e. The Kier molecular flexibility index (Phi) is 23.0. The van der Waals surface area contributed by atoms with E-state index in [0.29, 0.717) is 22.3 Å². The summed E-state index contributed by atoms with van der Waals surface area (Å²) < 4.78 is 82.6. The van der Waals surface area contributed by atoms with Crippen molar-refractivity contribution in [3.8, 4) is 134 Å². The zero-order valence-electron chi connectivity index (χ0n) is 79.0. The highest BCUT2D eigenvalue weighted by Gasteiger charge is 2.23. The van der Waals surface area contributed by atoms with E-state index in [1.165, 1.54) is 112 Å². The Morgan fingerprint density at radius 3 is 0.703 bits per heavy atom. The molecule has 5 heteroatoms. The average Bonchev–Trinajstić information content (AvgIpc) is 0.758. The third kappa shape index (κ3) is 19.5. The topological polar surface area (TPSA) is 19.4 Å². The van der Waals surface area contributed by atoms with Gasteiger partial charge >= 0.3 is 0 Å². The number of hydrogen-bond acceptors (Lipinski definition) is 0. The molecule has 0 saturated carbocycles. The molecule has 17 aromatic rings. The van der Waals surface area contributed by atoms with Gasteiger partial charge in [-0.25, -0.2) is 22.8 Å². The van der Waals surface area contributed by atoms with Crippen molar-refractivity contribution in [2.75, 3.05) is 0 Å². The second-order valence-electron chi connectivity index (χ2n) is 30.5. The summed E-state index contributed by atoms with van der Waals surface area (Å²) in [6.07, 6.45) is 10.1. The van der Waals surface area contributed by atoms with E-state index < -0.39 is 20.6 Å². The summed E-state index contributed by atoms with van der Waals surface area (Å²) in [4.78, 5) is 0. The van der Waals surface area contributed by atoms with Gasteiger partial charge in [-0.2, -0.15) is 0 Å². The lowest BCUT2D eigenvalue weighted by Crippen LogP contribution is -2.31. The molecule has 582 valence electrons. The van der Waals surface area contributed by atoms with Crippen molar-refractivity contribution in [3.05, 3.63) is 438 Å². The predicted octanol–water partition coefficient (Wildman–Crippen LogP) is 26.0. The van der Waals surface area contributed by atoms with E-state index in [1.807, 2.05) is 166 Å². The lowest BCUT2D eigenvalue weighted by molar-refractivity contribution is -0.660. The maximum absolute atomic E-state index is 8.09. The van der Waals surface area contributed by atoms with Crippen LogP contribution in [0.2, 0.25) is 0 Å². The van der Waals surface area contributed by atoms with E-state index in [1.54, 1.807) is 22.9 Å². The molecule has 0 aliphatic heterocycles. The standard InChI is InChI=1S/2C27H26N.2C20H20N.C19H18N/c2*1-19-15-20(2)26(16-24(19)22-11-7-5-8-12-22)27-17-25(21(3)18-28(27)4)23-13-9-6-10-14-23;2*1-15-13-16(2)19(20-11-7-8-12-21(20)3)14-18(15)17-9-5-4-6-10-17;1-15-11-12-17(16-8-4-3-5-9-16)14-18(15)19-10-6-7-13-20(19)2/h2*5-18H,1-4H3;2*4-14H,1-3H3;3-14H,1-2H3/q5*+1/i1D3,3D3;;1D3;;. The van der Waals surface area contributed by atoms with Gasteiger partial charge in [0.15, 0.2) is 31.0 Å². The third-order valence-electron chi connectivity index (χ3n) is 22.0. The summed E-state index contributed by atoms with van der Waals surface area (Å²) in [5, 5.41) is 0. The first-order valence-corrected chi connectivity index (χ1v) is 40.2. The highest BCUT2D eigenvalue weighted by molar-refractivity contribution is 5.82. The average molecular weight is 1550 g/mol. The number of nitrogens with zero attached hydrogens (tertiary/aromatic N) is 5. The summed E-state index contributed by atoms with van der Waals surface area (Å²) in [7, 11) is 10.1. The van der Waals surface area contributed by atoms with E-state index >= 15 is 0 Å². The van der Waals surface area contributed by atoms with E-state index in [2.05, 4.69) is 301 Å². The maximum Gasteiger partial charge on any atom is 0.213 e. The second kappa shape index (κ2) is 38.2. The summed E-state index contributed by atoms with van der Waals surface area (Å²) in [5.41, 5.74) is 36.7. The first-order valence-electron chi connectivity index (χ1n) is 44.7. The van der Waals surface area contributed by atoms with Crippen LogP contribution in [0.5, 0.6) is 0 Å². The Bertz CT molecular complexity index is 6500. The van der Waals surface area contributed by atoms with Gasteiger partial charge in [0.1, 0.15) is 35.2 Å². The molecule has 0 N–H and O–H groups in total. The van der Waals surface area contributed by atoms with Crippen LogP contribution in [0.25, 0.3) is 134 Å². The van der Waals surface area contributed by atoms with E-state index in [9.17, 15) is 0 Å². The molecular formula is C113H110N5+5. The number of pyridine rings is 5. The fraction of sp³-hybridized carbons (Fsp3) is 0.142. The van der Waals surface area contributed by atoms with Gasteiger partial charge in [0, 0.05) is 99.8 Å². The molecule has 0 atom stereocenters. The molecule has 5 nitrogen and oxygen atoms in total. The lowest BCUT2D eigenvalue weighted by atomic mass is 9.92. The van der Waals surface area contributed by atoms with Crippen molar-refractivity contribution in [2.45, 2.75) is 75.9 Å². The molecule has 5 aromatic heterocycles. The van der Waals surface area contributed by atoms with E-state index in [4.69, 9.17) is 12.3 Å². The fourth-order valence-corrected chi connectivity index (χ4v) is 15.7. The van der Waals surface area contributed by atoms with Crippen LogP contribution >= 0.6 is 0 Å². The molecule has 0 unspecified atom stereocenters. The molecule has 0 fully saturated rings. The number of aromatic nitrogens is 5. The van der Waals surface area contributed by atoms with Gasteiger partial charge in [0.25, 0.3) is 0 Å². The molecule has 0 spiro atoms. The predicted molar refractivity (Wildman–Crippen MR) is 495 cm³/mol. The first kappa shape index (κ1) is 71.0. The SMILES string of the molecule is Cc1cc(C)c(-c2cc(-c3ccccc3)c(C)c[n+]2C)cc1-c1ccccc1.Cc1cc(C)c(-c2cccc[n+]2C)cc1-c1ccccc1.Cc1ccc(-c2ccccc2)cc1-c1cccc[n+]1C.[2H]C([2H])([2H])c1cc(C)c(-c2cc(-c3ccccc3)c(C([2H])([2H])[2H])c[n+]2C)cc1-c1ccccc1.[2H]C([2H])([2H])c1cc(C)c(-c2cccc[n+]2C)cc1-c1ccccc1. The van der Waals surface area contributed by atoms with Crippen LogP contribution in [0, 0.1) is 75.9 Å². The van der Waals surface area contributed by atoms with Gasteiger partial charge in [-0.3, -0.25) is 0 Å². The van der Waals surface area contributed by atoms with Gasteiger partial charge in [-0.1, -0.05) is 249 Å². The maximum atomic E-state index is 8.09. The van der Waals surface area contributed by atoms with Crippen LogP contribution in [0.1, 0.15) is 73.5 Å². The zero-order valence-corrected chi connectivity index (χ0v) is 70.0. The molecule has 0 aliphatic carbocycles.